The molecule has 7 heteroatoms. The summed E-state index contributed by atoms with van der Waals surface area (Å²) >= 11 is 6.32. The Morgan fingerprint density at radius 3 is 2.46 bits per heavy atom. The Bertz CT molecular complexity index is 741. The second-order valence-corrected chi connectivity index (χ2v) is 6.35. The minimum atomic E-state index is -1.07. The highest BCUT2D eigenvalue weighted by Crippen LogP contribution is 2.23. The molecule has 0 fully saturated rings. The summed E-state index contributed by atoms with van der Waals surface area (Å²) in [5, 5.41) is 16.3. The summed E-state index contributed by atoms with van der Waals surface area (Å²) in [6, 6.07) is 8.22. The van der Waals surface area contributed by atoms with E-state index in [1.165, 1.54) is 4.68 Å². The van der Waals surface area contributed by atoms with Crippen molar-refractivity contribution in [3.63, 3.8) is 0 Å². The number of aryl methyl sites for hydroxylation is 1. The average Bonchev–Trinajstić information content (AvgIpc) is 2.81. The Balaban J connectivity index is 2.30. The molecule has 6 nitrogen and oxygen atoms in total. The number of nitrogens with zero attached hydrogens (tertiary/aromatic N) is 2. The van der Waals surface area contributed by atoms with Crippen LogP contribution in [0.4, 0.5) is 0 Å². The summed E-state index contributed by atoms with van der Waals surface area (Å²) in [5.74, 6) is -1.47. The Labute approximate surface area is 145 Å². The summed E-state index contributed by atoms with van der Waals surface area (Å²) < 4.78 is 1.46. The maximum atomic E-state index is 12.5. The standard InChI is InChI=1S/C17H20ClN3O3/c1-10(2)9-13(17(23)24)19-16(22)14-11(3)20-21(15(14)18)12-7-5-4-6-8-12/h4-8,10,13H,9H2,1-3H3,(H,19,22)(H,23,24)/t13-/m1/s1. The van der Waals surface area contributed by atoms with E-state index in [0.29, 0.717) is 12.1 Å². The first-order valence-electron chi connectivity index (χ1n) is 7.65. The first-order chi connectivity index (χ1) is 11.3. The summed E-state index contributed by atoms with van der Waals surface area (Å²) in [6.45, 7) is 5.46. The number of aliphatic carboxylic acids is 1. The minimum absolute atomic E-state index is 0.134. The van der Waals surface area contributed by atoms with Gasteiger partial charge in [0.15, 0.2) is 0 Å². The predicted octanol–water partition coefficient (Wildman–Crippen LogP) is 3.06. The first kappa shape index (κ1) is 18.0. The van der Waals surface area contributed by atoms with Gasteiger partial charge in [-0.05, 0) is 31.4 Å². The molecule has 0 saturated carbocycles. The van der Waals surface area contributed by atoms with Gasteiger partial charge in [-0.3, -0.25) is 4.79 Å². The number of carbonyl (C=O) groups excluding carboxylic acids is 1. The van der Waals surface area contributed by atoms with Crippen molar-refractivity contribution >= 4 is 23.5 Å². The molecule has 0 aliphatic carbocycles. The molecule has 0 radical (unpaired) electrons. The van der Waals surface area contributed by atoms with Gasteiger partial charge in [0.1, 0.15) is 11.2 Å². The van der Waals surface area contributed by atoms with Gasteiger partial charge in [0.05, 0.1) is 16.9 Å². The molecule has 1 aromatic carbocycles. The van der Waals surface area contributed by atoms with E-state index in [1.54, 1.807) is 6.92 Å². The molecule has 0 bridgehead atoms. The lowest BCUT2D eigenvalue weighted by molar-refractivity contribution is -0.139. The van der Waals surface area contributed by atoms with Crippen molar-refractivity contribution in [2.45, 2.75) is 33.2 Å². The molecule has 1 amide bonds. The highest BCUT2D eigenvalue weighted by molar-refractivity contribution is 6.33. The molecular formula is C17H20ClN3O3. The van der Waals surface area contributed by atoms with Gasteiger partial charge in [0, 0.05) is 0 Å². The molecule has 128 valence electrons. The maximum Gasteiger partial charge on any atom is 0.326 e. The number of hydrogen-bond donors (Lipinski definition) is 2. The molecule has 0 unspecified atom stereocenters. The zero-order valence-corrected chi connectivity index (χ0v) is 14.5. The van der Waals surface area contributed by atoms with Crippen LogP contribution in [0.15, 0.2) is 30.3 Å². The molecular weight excluding hydrogens is 330 g/mol. The topological polar surface area (TPSA) is 84.2 Å². The van der Waals surface area contributed by atoms with Crippen molar-refractivity contribution in [1.29, 1.82) is 0 Å². The fourth-order valence-corrected chi connectivity index (χ4v) is 2.78. The maximum absolute atomic E-state index is 12.5. The third kappa shape index (κ3) is 3.94. The van der Waals surface area contributed by atoms with Gasteiger partial charge in [0.25, 0.3) is 5.91 Å². The van der Waals surface area contributed by atoms with Crippen LogP contribution >= 0.6 is 11.6 Å². The van der Waals surface area contributed by atoms with Crippen LogP contribution in [-0.2, 0) is 4.79 Å². The molecule has 1 atom stereocenters. The summed E-state index contributed by atoms with van der Waals surface area (Å²) in [4.78, 5) is 23.8. The number of carbonyl (C=O) groups is 2. The lowest BCUT2D eigenvalue weighted by Crippen LogP contribution is -2.41. The molecule has 1 heterocycles. The molecule has 0 aliphatic heterocycles. The summed E-state index contributed by atoms with van der Waals surface area (Å²) in [7, 11) is 0. The summed E-state index contributed by atoms with van der Waals surface area (Å²) in [6.07, 6.45) is 0.338. The van der Waals surface area contributed by atoms with E-state index in [1.807, 2.05) is 44.2 Å². The van der Waals surface area contributed by atoms with E-state index in [2.05, 4.69) is 10.4 Å². The largest absolute Gasteiger partial charge is 0.480 e. The number of hydrogen-bond acceptors (Lipinski definition) is 3. The normalized spacial score (nSPS) is 12.2. The van der Waals surface area contributed by atoms with E-state index in [0.717, 1.165) is 5.69 Å². The highest BCUT2D eigenvalue weighted by Gasteiger charge is 2.26. The van der Waals surface area contributed by atoms with Gasteiger partial charge in [-0.1, -0.05) is 43.6 Å². The van der Waals surface area contributed by atoms with Crippen LogP contribution in [0.2, 0.25) is 5.15 Å². The highest BCUT2D eigenvalue weighted by atomic mass is 35.5. The second kappa shape index (κ2) is 7.49. The van der Waals surface area contributed by atoms with E-state index < -0.39 is 17.9 Å². The Morgan fingerprint density at radius 2 is 1.92 bits per heavy atom. The number of para-hydroxylation sites is 1. The zero-order chi connectivity index (χ0) is 17.9. The van der Waals surface area contributed by atoms with Crippen molar-refractivity contribution in [3.8, 4) is 5.69 Å². The van der Waals surface area contributed by atoms with E-state index in [-0.39, 0.29) is 16.6 Å². The van der Waals surface area contributed by atoms with Gasteiger partial charge < -0.3 is 10.4 Å². The van der Waals surface area contributed by atoms with Crippen LogP contribution in [0.1, 0.15) is 36.3 Å². The number of rotatable bonds is 6. The van der Waals surface area contributed by atoms with Crippen molar-refractivity contribution in [3.05, 3.63) is 46.7 Å². The van der Waals surface area contributed by atoms with Crippen molar-refractivity contribution in [2.24, 2.45) is 5.92 Å². The molecule has 0 saturated heterocycles. The lowest BCUT2D eigenvalue weighted by atomic mass is 10.0. The van der Waals surface area contributed by atoms with Crippen molar-refractivity contribution < 1.29 is 14.7 Å². The predicted molar refractivity (Wildman–Crippen MR) is 91.7 cm³/mol. The minimum Gasteiger partial charge on any atom is -0.480 e. The molecule has 2 rings (SSSR count). The molecule has 0 aliphatic rings. The number of benzene rings is 1. The smallest absolute Gasteiger partial charge is 0.326 e. The number of carboxylic acids is 1. The Morgan fingerprint density at radius 1 is 1.29 bits per heavy atom. The summed E-state index contributed by atoms with van der Waals surface area (Å²) in [5.41, 5.74) is 1.35. The Hall–Kier alpha value is -2.34. The third-order valence-electron chi connectivity index (χ3n) is 3.54. The van der Waals surface area contributed by atoms with Crippen molar-refractivity contribution in [1.82, 2.24) is 15.1 Å². The SMILES string of the molecule is Cc1nn(-c2ccccc2)c(Cl)c1C(=O)N[C@H](CC(C)C)C(=O)O. The fourth-order valence-electron chi connectivity index (χ4n) is 2.42. The van der Waals surface area contributed by atoms with Gasteiger partial charge in [-0.2, -0.15) is 5.10 Å². The van der Waals surface area contributed by atoms with E-state index in [9.17, 15) is 14.7 Å². The molecule has 2 N–H and O–H groups in total. The van der Waals surface area contributed by atoms with Crippen LogP contribution in [0.25, 0.3) is 5.69 Å². The van der Waals surface area contributed by atoms with Gasteiger partial charge in [-0.15, -0.1) is 0 Å². The molecule has 2 aromatic rings. The van der Waals surface area contributed by atoms with E-state index in [4.69, 9.17) is 11.6 Å². The molecule has 0 spiro atoms. The molecule has 1 aromatic heterocycles. The third-order valence-corrected chi connectivity index (χ3v) is 3.89. The Kier molecular flexibility index (Phi) is 5.62. The van der Waals surface area contributed by atoms with Gasteiger partial charge >= 0.3 is 5.97 Å². The quantitative estimate of drug-likeness (QED) is 0.839. The molecule has 24 heavy (non-hydrogen) atoms. The average molecular weight is 350 g/mol. The monoisotopic (exact) mass is 349 g/mol. The number of aromatic nitrogens is 2. The van der Waals surface area contributed by atoms with Crippen LogP contribution in [0.3, 0.4) is 0 Å². The van der Waals surface area contributed by atoms with Crippen LogP contribution in [0.5, 0.6) is 0 Å². The fraction of sp³-hybridized carbons (Fsp3) is 0.353. The lowest BCUT2D eigenvalue weighted by Gasteiger charge is -2.16. The van der Waals surface area contributed by atoms with Crippen LogP contribution in [0, 0.1) is 12.8 Å². The number of halogens is 1. The number of nitrogens with one attached hydrogen (secondary N) is 1. The van der Waals surface area contributed by atoms with E-state index >= 15 is 0 Å². The number of carboxylic acid groups (broad SMARTS) is 1. The second-order valence-electron chi connectivity index (χ2n) is 5.99. The van der Waals surface area contributed by atoms with Crippen molar-refractivity contribution in [2.75, 3.05) is 0 Å². The van der Waals surface area contributed by atoms with Gasteiger partial charge in [0.2, 0.25) is 0 Å². The number of amides is 1. The first-order valence-corrected chi connectivity index (χ1v) is 8.03. The van der Waals surface area contributed by atoms with Gasteiger partial charge in [-0.25, -0.2) is 9.48 Å². The van der Waals surface area contributed by atoms with Crippen LogP contribution in [-0.4, -0.2) is 32.8 Å². The zero-order valence-electron chi connectivity index (χ0n) is 13.8. The van der Waals surface area contributed by atoms with Crippen LogP contribution < -0.4 is 5.32 Å².